The van der Waals surface area contributed by atoms with Crippen LogP contribution in [-0.2, 0) is 9.84 Å². The van der Waals surface area contributed by atoms with Gasteiger partial charge >= 0.3 is 17.4 Å². The minimum Gasteiger partial charge on any atom is -0.301 e. The highest BCUT2D eigenvalue weighted by Crippen LogP contribution is 2.50. The summed E-state index contributed by atoms with van der Waals surface area (Å²) in [5, 5.41) is -6.37. The average molecular weight is 324 g/mol. The number of nitrogens with one attached hydrogen (secondary N) is 1. The molecule has 0 aliphatic carbocycles. The van der Waals surface area contributed by atoms with Crippen LogP contribution >= 0.6 is 0 Å². The molecule has 20 heavy (non-hydrogen) atoms. The van der Waals surface area contributed by atoms with Gasteiger partial charge in [-0.3, -0.25) is 0 Å². The molecule has 1 radical (unpaired) electrons. The molecular weight excluding hydrogens is 319 g/mol. The molecule has 3 nitrogen and oxygen atoms in total. The van der Waals surface area contributed by atoms with Gasteiger partial charge in [0, 0.05) is 0 Å². The summed E-state index contributed by atoms with van der Waals surface area (Å²) in [6, 6.07) is 2.01. The van der Waals surface area contributed by atoms with E-state index in [1.807, 2.05) is 0 Å². The minimum absolute atomic E-state index is 0.338. The van der Waals surface area contributed by atoms with E-state index in [2.05, 4.69) is 0 Å². The lowest BCUT2D eigenvalue weighted by Crippen LogP contribution is -2.55. The highest BCUT2D eigenvalue weighted by molar-refractivity contribution is 7.92. The summed E-state index contributed by atoms with van der Waals surface area (Å²) >= 11 is 0. The van der Waals surface area contributed by atoms with Crippen molar-refractivity contribution < 1.29 is 39.2 Å². The average Bonchev–Trinajstić information content (AvgIpc) is 2.27. The molecule has 0 aromatic heterocycles. The smallest absolute Gasteiger partial charge is 0.301 e. The molecule has 0 spiro atoms. The first kappa shape index (κ1) is 16.5. The van der Waals surface area contributed by atoms with Crippen molar-refractivity contribution >= 4 is 15.5 Å². The van der Waals surface area contributed by atoms with Crippen molar-refractivity contribution in [1.29, 1.82) is 0 Å². The predicted molar refractivity (Wildman–Crippen MR) is 52.3 cm³/mol. The largest absolute Gasteiger partial charge is 0.461 e. The molecule has 0 bridgehead atoms. The fraction of sp³-hybridized carbons (Fsp3) is 0.333. The van der Waals surface area contributed by atoms with Gasteiger partial charge in [0.05, 0.1) is 10.6 Å². The minimum atomic E-state index is -6.75. The van der Waals surface area contributed by atoms with Crippen LogP contribution in [0.3, 0.4) is 0 Å². The molecule has 0 aliphatic heterocycles. The molecule has 0 saturated heterocycles. The third kappa shape index (κ3) is 2.30. The Balaban J connectivity index is 3.44. The van der Waals surface area contributed by atoms with Gasteiger partial charge in [0.1, 0.15) is 0 Å². The van der Waals surface area contributed by atoms with Crippen LogP contribution in [0.4, 0.5) is 36.4 Å². The van der Waals surface area contributed by atoms with Crippen LogP contribution in [0.1, 0.15) is 0 Å². The van der Waals surface area contributed by atoms with Gasteiger partial charge in [-0.25, -0.2) is 8.42 Å². The number of sulfone groups is 1. The molecule has 1 N–H and O–H groups in total. The van der Waals surface area contributed by atoms with Gasteiger partial charge in [0.15, 0.2) is 0 Å². The second kappa shape index (κ2) is 4.50. The van der Waals surface area contributed by atoms with E-state index in [4.69, 9.17) is 5.73 Å². The van der Waals surface area contributed by atoms with Crippen LogP contribution in [0.5, 0.6) is 0 Å². The number of halogens is 7. The lowest BCUT2D eigenvalue weighted by molar-refractivity contribution is -0.332. The molecule has 0 amide bonds. The summed E-state index contributed by atoms with van der Waals surface area (Å²) in [5.74, 6) is -6.75. The first-order chi connectivity index (χ1) is 8.75. The molecule has 11 heteroatoms. The van der Waals surface area contributed by atoms with Crippen molar-refractivity contribution in [2.45, 2.75) is 22.2 Å². The number of hydrogen-bond donors (Lipinski definition) is 0. The Morgan fingerprint density at radius 3 is 1.60 bits per heavy atom. The summed E-state index contributed by atoms with van der Waals surface area (Å²) in [6.45, 7) is 0. The van der Waals surface area contributed by atoms with Gasteiger partial charge in [-0.2, -0.15) is 30.7 Å². The Bertz CT molecular complexity index is 592. The Labute approximate surface area is 108 Å². The van der Waals surface area contributed by atoms with E-state index in [1.54, 1.807) is 0 Å². The highest BCUT2D eigenvalue weighted by Gasteiger charge is 2.78. The summed E-state index contributed by atoms with van der Waals surface area (Å²) < 4.78 is 110. The van der Waals surface area contributed by atoms with E-state index in [1.165, 1.54) is 0 Å². The van der Waals surface area contributed by atoms with Crippen molar-refractivity contribution in [3.63, 3.8) is 0 Å². The Hall–Kier alpha value is -1.52. The lowest BCUT2D eigenvalue weighted by atomic mass is 10.3. The van der Waals surface area contributed by atoms with E-state index >= 15 is 0 Å². The van der Waals surface area contributed by atoms with Crippen LogP contribution in [0.15, 0.2) is 29.2 Å². The molecule has 0 heterocycles. The number of benzene rings is 1. The second-order valence-electron chi connectivity index (χ2n) is 3.62. The van der Waals surface area contributed by atoms with Crippen molar-refractivity contribution in [2.24, 2.45) is 0 Å². The summed E-state index contributed by atoms with van der Waals surface area (Å²) in [5.41, 5.74) is 6.63. The standard InChI is InChI=1S/C9H5F7NO2S/c10-7(11,8(12,13)14)9(15,16)20(18,19)6-3-1-5(17)2-4-6/h1-4,17H. The van der Waals surface area contributed by atoms with Crippen LogP contribution in [0.25, 0.3) is 0 Å². The number of rotatable bonds is 3. The summed E-state index contributed by atoms with van der Waals surface area (Å²) in [4.78, 5) is -1.44. The topological polar surface area (TPSA) is 57.9 Å². The Kier molecular flexibility index (Phi) is 3.72. The zero-order chi connectivity index (χ0) is 16.0. The van der Waals surface area contributed by atoms with Gasteiger partial charge < -0.3 is 5.73 Å². The molecule has 1 aromatic rings. The second-order valence-corrected chi connectivity index (χ2v) is 5.61. The molecule has 1 rings (SSSR count). The summed E-state index contributed by atoms with van der Waals surface area (Å²) in [7, 11) is -6.28. The first-order valence-electron chi connectivity index (χ1n) is 4.64. The zero-order valence-corrected chi connectivity index (χ0v) is 10.00. The maximum atomic E-state index is 13.2. The Morgan fingerprint density at radius 1 is 0.850 bits per heavy atom. The monoisotopic (exact) mass is 324 g/mol. The molecule has 0 fully saturated rings. The van der Waals surface area contributed by atoms with Crippen LogP contribution in [-0.4, -0.2) is 25.8 Å². The maximum absolute atomic E-state index is 13.2. The molecule has 113 valence electrons. The van der Waals surface area contributed by atoms with E-state index in [0.717, 1.165) is 0 Å². The Morgan fingerprint density at radius 2 is 1.25 bits per heavy atom. The SMILES string of the molecule is [NH]c1ccc(S(=O)(=O)C(F)(F)C(F)(F)C(F)(F)F)cc1. The molecule has 1 aromatic carbocycles. The summed E-state index contributed by atoms with van der Waals surface area (Å²) in [6.07, 6.45) is -6.74. The fourth-order valence-corrected chi connectivity index (χ4v) is 2.36. The molecule has 0 unspecified atom stereocenters. The quantitative estimate of drug-likeness (QED) is 0.802. The van der Waals surface area contributed by atoms with Gasteiger partial charge in [-0.15, -0.1) is 0 Å². The molecule has 0 saturated carbocycles. The van der Waals surface area contributed by atoms with Gasteiger partial charge in [0.25, 0.3) is 0 Å². The third-order valence-corrected chi connectivity index (χ3v) is 4.05. The molecular formula is C9H5F7NO2S. The van der Waals surface area contributed by atoms with Gasteiger partial charge in [-0.1, -0.05) is 0 Å². The van der Waals surface area contributed by atoms with Crippen molar-refractivity contribution in [3.05, 3.63) is 24.3 Å². The highest BCUT2D eigenvalue weighted by atomic mass is 32.2. The molecule has 0 aliphatic rings. The maximum Gasteiger partial charge on any atom is 0.461 e. The van der Waals surface area contributed by atoms with Crippen molar-refractivity contribution in [3.8, 4) is 0 Å². The van der Waals surface area contributed by atoms with Crippen molar-refractivity contribution in [1.82, 2.24) is 5.73 Å². The van der Waals surface area contributed by atoms with Gasteiger partial charge in [-0.05, 0) is 24.3 Å². The van der Waals surface area contributed by atoms with E-state index in [-0.39, 0.29) is 5.69 Å². The number of hydrogen-bond acceptors (Lipinski definition) is 2. The van der Waals surface area contributed by atoms with Crippen molar-refractivity contribution in [2.75, 3.05) is 0 Å². The molecule has 0 atom stereocenters. The van der Waals surface area contributed by atoms with Crippen LogP contribution < -0.4 is 5.73 Å². The third-order valence-electron chi connectivity index (χ3n) is 2.22. The van der Waals surface area contributed by atoms with Crippen LogP contribution in [0.2, 0.25) is 0 Å². The first-order valence-corrected chi connectivity index (χ1v) is 6.12. The fourth-order valence-electron chi connectivity index (χ4n) is 1.12. The normalized spacial score (nSPS) is 14.3. The number of alkyl halides is 7. The predicted octanol–water partition coefficient (Wildman–Crippen LogP) is 3.17. The lowest BCUT2D eigenvalue weighted by Gasteiger charge is -2.27. The van der Waals surface area contributed by atoms with E-state index in [0.29, 0.717) is 24.3 Å². The zero-order valence-electron chi connectivity index (χ0n) is 9.18. The van der Waals surface area contributed by atoms with E-state index < -0.39 is 32.1 Å². The van der Waals surface area contributed by atoms with E-state index in [9.17, 15) is 39.2 Å². The van der Waals surface area contributed by atoms with Crippen LogP contribution in [0, 0.1) is 0 Å². The van der Waals surface area contributed by atoms with Gasteiger partial charge in [0.2, 0.25) is 9.84 Å².